The normalized spacial score (nSPS) is 13.3. The quantitative estimate of drug-likeness (QED) is 0.857. The molecule has 0 saturated heterocycles. The summed E-state index contributed by atoms with van der Waals surface area (Å²) in [5, 5.41) is 3.53. The van der Waals surface area contributed by atoms with Crippen molar-refractivity contribution in [1.29, 1.82) is 0 Å². The molecule has 0 radical (unpaired) electrons. The molecule has 5 nitrogen and oxygen atoms in total. The summed E-state index contributed by atoms with van der Waals surface area (Å²) in [6, 6.07) is 3.24. The number of carbonyl (C=O) groups excluding carboxylic acids is 1. The highest BCUT2D eigenvalue weighted by molar-refractivity contribution is 5.89. The van der Waals surface area contributed by atoms with Gasteiger partial charge in [0.1, 0.15) is 5.92 Å². The van der Waals surface area contributed by atoms with Crippen LogP contribution in [0.1, 0.15) is 18.7 Å². The highest BCUT2D eigenvalue weighted by atomic mass is 19.4. The first-order valence-corrected chi connectivity index (χ1v) is 5.24. The predicted octanol–water partition coefficient (Wildman–Crippen LogP) is 2.37. The molecule has 19 heavy (non-hydrogen) atoms. The SMILES string of the molecule is CC(C(=O)C(F)(F)F)c1nc(-c2cccnc2)no1. The Hall–Kier alpha value is -2.25. The second-order valence-electron chi connectivity index (χ2n) is 3.78. The highest BCUT2D eigenvalue weighted by Gasteiger charge is 2.44. The van der Waals surface area contributed by atoms with Crippen molar-refractivity contribution in [2.24, 2.45) is 0 Å². The lowest BCUT2D eigenvalue weighted by Crippen LogP contribution is -2.27. The van der Waals surface area contributed by atoms with Gasteiger partial charge in [-0.1, -0.05) is 5.16 Å². The van der Waals surface area contributed by atoms with Gasteiger partial charge in [-0.3, -0.25) is 9.78 Å². The van der Waals surface area contributed by atoms with Crippen molar-refractivity contribution in [2.75, 3.05) is 0 Å². The summed E-state index contributed by atoms with van der Waals surface area (Å²) >= 11 is 0. The fraction of sp³-hybridized carbons (Fsp3) is 0.273. The van der Waals surface area contributed by atoms with Crippen molar-refractivity contribution in [2.45, 2.75) is 19.0 Å². The molecular weight excluding hydrogens is 263 g/mol. The molecule has 1 atom stereocenters. The molecule has 0 amide bonds. The maximum absolute atomic E-state index is 12.3. The average Bonchev–Trinajstić information content (AvgIpc) is 2.86. The summed E-state index contributed by atoms with van der Waals surface area (Å²) in [5.41, 5.74) is 0.490. The summed E-state index contributed by atoms with van der Waals surface area (Å²) < 4.78 is 41.5. The maximum Gasteiger partial charge on any atom is 0.450 e. The number of halogens is 3. The molecule has 0 aliphatic rings. The first-order valence-electron chi connectivity index (χ1n) is 5.24. The van der Waals surface area contributed by atoms with Gasteiger partial charge in [0.05, 0.1) is 0 Å². The first kappa shape index (κ1) is 13.2. The molecule has 0 fully saturated rings. The Balaban J connectivity index is 2.25. The summed E-state index contributed by atoms with van der Waals surface area (Å²) in [6.45, 7) is 1.07. The Morgan fingerprint density at radius 3 is 2.74 bits per heavy atom. The van der Waals surface area contributed by atoms with Gasteiger partial charge in [0.25, 0.3) is 0 Å². The third-order valence-corrected chi connectivity index (χ3v) is 2.40. The van der Waals surface area contributed by atoms with E-state index in [4.69, 9.17) is 0 Å². The molecule has 100 valence electrons. The van der Waals surface area contributed by atoms with E-state index in [2.05, 4.69) is 19.6 Å². The molecule has 0 saturated carbocycles. The number of hydrogen-bond donors (Lipinski definition) is 0. The number of aromatic nitrogens is 3. The lowest BCUT2D eigenvalue weighted by molar-refractivity contribution is -0.172. The Bertz CT molecular complexity index is 580. The average molecular weight is 271 g/mol. The van der Waals surface area contributed by atoms with Gasteiger partial charge in [-0.15, -0.1) is 0 Å². The molecule has 0 aliphatic heterocycles. The van der Waals surface area contributed by atoms with E-state index in [0.29, 0.717) is 5.56 Å². The molecule has 2 rings (SSSR count). The zero-order chi connectivity index (χ0) is 14.0. The van der Waals surface area contributed by atoms with E-state index in [-0.39, 0.29) is 11.7 Å². The lowest BCUT2D eigenvalue weighted by atomic mass is 10.1. The highest BCUT2D eigenvalue weighted by Crippen LogP contribution is 2.27. The van der Waals surface area contributed by atoms with Gasteiger partial charge in [-0.05, 0) is 19.1 Å². The first-order chi connectivity index (χ1) is 8.89. The van der Waals surface area contributed by atoms with Crippen LogP contribution in [0.4, 0.5) is 13.2 Å². The van der Waals surface area contributed by atoms with E-state index in [1.807, 2.05) is 0 Å². The molecule has 0 N–H and O–H groups in total. The van der Waals surface area contributed by atoms with E-state index < -0.39 is 17.9 Å². The second kappa shape index (κ2) is 4.79. The van der Waals surface area contributed by atoms with Crippen LogP contribution in [-0.2, 0) is 4.79 Å². The van der Waals surface area contributed by atoms with E-state index >= 15 is 0 Å². The fourth-order valence-corrected chi connectivity index (χ4v) is 1.38. The minimum absolute atomic E-state index is 0.0879. The van der Waals surface area contributed by atoms with Crippen LogP contribution in [0.3, 0.4) is 0 Å². The van der Waals surface area contributed by atoms with Gasteiger partial charge in [0.15, 0.2) is 0 Å². The molecule has 2 heterocycles. The number of alkyl halides is 3. The number of nitrogens with zero attached hydrogens (tertiary/aromatic N) is 3. The number of hydrogen-bond acceptors (Lipinski definition) is 5. The minimum Gasteiger partial charge on any atom is -0.338 e. The molecule has 1 unspecified atom stereocenters. The molecule has 0 spiro atoms. The molecular formula is C11H8F3N3O2. The van der Waals surface area contributed by atoms with E-state index in [1.165, 1.54) is 12.4 Å². The number of ketones is 1. The summed E-state index contributed by atoms with van der Waals surface area (Å²) in [6.07, 6.45) is -1.96. The van der Waals surface area contributed by atoms with Crippen LogP contribution in [0, 0.1) is 0 Å². The molecule has 0 bridgehead atoms. The van der Waals surface area contributed by atoms with Crippen LogP contribution in [0.25, 0.3) is 11.4 Å². The summed E-state index contributed by atoms with van der Waals surface area (Å²) in [5.74, 6) is -3.74. The molecule has 2 aromatic heterocycles. The van der Waals surface area contributed by atoms with Gasteiger partial charge >= 0.3 is 6.18 Å². The van der Waals surface area contributed by atoms with Crippen LogP contribution in [0.2, 0.25) is 0 Å². The fourth-order valence-electron chi connectivity index (χ4n) is 1.38. The van der Waals surface area contributed by atoms with Crippen molar-refractivity contribution in [1.82, 2.24) is 15.1 Å². The molecule has 0 aromatic carbocycles. The van der Waals surface area contributed by atoms with Gasteiger partial charge in [-0.25, -0.2) is 0 Å². The summed E-state index contributed by atoms with van der Waals surface area (Å²) in [4.78, 5) is 18.6. The largest absolute Gasteiger partial charge is 0.450 e. The number of Topliss-reactive ketones (excluding diaryl/α,β-unsaturated/α-hetero) is 1. The van der Waals surface area contributed by atoms with Crippen molar-refractivity contribution in [3.8, 4) is 11.4 Å². The maximum atomic E-state index is 12.3. The number of pyridine rings is 1. The van der Waals surface area contributed by atoms with E-state index in [1.54, 1.807) is 12.1 Å². The monoisotopic (exact) mass is 271 g/mol. The zero-order valence-corrected chi connectivity index (χ0v) is 9.68. The van der Waals surface area contributed by atoms with Gasteiger partial charge in [0.2, 0.25) is 17.5 Å². The standard InChI is InChI=1S/C11H8F3N3O2/c1-6(8(18)11(12,13)14)10-16-9(17-19-10)7-3-2-4-15-5-7/h2-6H,1H3. The number of rotatable bonds is 3. The van der Waals surface area contributed by atoms with Crippen LogP contribution >= 0.6 is 0 Å². The topological polar surface area (TPSA) is 68.9 Å². The van der Waals surface area contributed by atoms with Gasteiger partial charge in [-0.2, -0.15) is 18.2 Å². The van der Waals surface area contributed by atoms with Crippen LogP contribution in [0.15, 0.2) is 29.0 Å². The van der Waals surface area contributed by atoms with Crippen LogP contribution < -0.4 is 0 Å². The Labute approximate surface area is 105 Å². The molecule has 2 aromatic rings. The Morgan fingerprint density at radius 1 is 1.42 bits per heavy atom. The lowest BCUT2D eigenvalue weighted by Gasteiger charge is -2.08. The van der Waals surface area contributed by atoms with Crippen LogP contribution in [0.5, 0.6) is 0 Å². The Morgan fingerprint density at radius 2 is 2.16 bits per heavy atom. The second-order valence-corrected chi connectivity index (χ2v) is 3.78. The Kier molecular flexibility index (Phi) is 3.32. The molecule has 0 aliphatic carbocycles. The predicted molar refractivity (Wildman–Crippen MR) is 57.0 cm³/mol. The third-order valence-electron chi connectivity index (χ3n) is 2.40. The van der Waals surface area contributed by atoms with Crippen molar-refractivity contribution in [3.05, 3.63) is 30.4 Å². The van der Waals surface area contributed by atoms with E-state index in [9.17, 15) is 18.0 Å². The summed E-state index contributed by atoms with van der Waals surface area (Å²) in [7, 11) is 0. The number of carbonyl (C=O) groups is 1. The van der Waals surface area contributed by atoms with Gasteiger partial charge in [0, 0.05) is 18.0 Å². The van der Waals surface area contributed by atoms with Gasteiger partial charge < -0.3 is 4.52 Å². The third kappa shape index (κ3) is 2.78. The van der Waals surface area contributed by atoms with Crippen LogP contribution in [-0.4, -0.2) is 27.1 Å². The minimum atomic E-state index is -4.93. The van der Waals surface area contributed by atoms with E-state index in [0.717, 1.165) is 6.92 Å². The smallest absolute Gasteiger partial charge is 0.338 e. The van der Waals surface area contributed by atoms with Crippen molar-refractivity contribution >= 4 is 5.78 Å². The van der Waals surface area contributed by atoms with Crippen molar-refractivity contribution in [3.63, 3.8) is 0 Å². The van der Waals surface area contributed by atoms with Crippen molar-refractivity contribution < 1.29 is 22.5 Å². The molecule has 8 heteroatoms. The zero-order valence-electron chi connectivity index (χ0n) is 9.68.